The van der Waals surface area contributed by atoms with Crippen molar-refractivity contribution < 1.29 is 0 Å². The molecule has 0 aliphatic carbocycles. The monoisotopic (exact) mass is 270 g/mol. The van der Waals surface area contributed by atoms with Crippen LogP contribution in [0.15, 0.2) is 18.3 Å². The van der Waals surface area contributed by atoms with Crippen LogP contribution in [0, 0.1) is 0 Å². The summed E-state index contributed by atoms with van der Waals surface area (Å²) in [6, 6.07) is 4.00. The van der Waals surface area contributed by atoms with Gasteiger partial charge in [-0.2, -0.15) is 0 Å². The normalized spacial score (nSPS) is 12.7. The Morgan fingerprint density at radius 3 is 2.93 bits per heavy atom. The molecule has 0 amide bonds. The fourth-order valence-corrected chi connectivity index (χ4v) is 2.42. The van der Waals surface area contributed by atoms with Crippen molar-refractivity contribution in [3.05, 3.63) is 23.9 Å². The standard InChI is InChI=1S/C12H19BrN2/c1-2-4-11(13)6-3-5-10-7-8-15-12(14)9-10/h7-9,11H,2-6H2,1H3,(H2,14,15). The van der Waals surface area contributed by atoms with Crippen LogP contribution < -0.4 is 5.73 Å². The predicted octanol–water partition coefficient (Wildman–Crippen LogP) is 3.55. The molecule has 1 atom stereocenters. The third kappa shape index (κ3) is 5.17. The van der Waals surface area contributed by atoms with Gasteiger partial charge < -0.3 is 5.73 Å². The third-order valence-electron chi connectivity index (χ3n) is 2.43. The second kappa shape index (κ2) is 6.83. The largest absolute Gasteiger partial charge is 0.384 e. The van der Waals surface area contributed by atoms with Gasteiger partial charge in [-0.3, -0.25) is 0 Å². The lowest BCUT2D eigenvalue weighted by Crippen LogP contribution is -1.98. The van der Waals surface area contributed by atoms with E-state index >= 15 is 0 Å². The molecule has 84 valence electrons. The lowest BCUT2D eigenvalue weighted by Gasteiger charge is -2.07. The van der Waals surface area contributed by atoms with Crippen molar-refractivity contribution in [3.8, 4) is 0 Å². The number of pyridine rings is 1. The third-order valence-corrected chi connectivity index (χ3v) is 3.35. The molecule has 0 radical (unpaired) electrons. The molecule has 3 heteroatoms. The zero-order valence-corrected chi connectivity index (χ0v) is 10.8. The first-order valence-corrected chi connectivity index (χ1v) is 6.48. The Balaban J connectivity index is 2.25. The zero-order chi connectivity index (χ0) is 11.1. The molecule has 0 spiro atoms. The van der Waals surface area contributed by atoms with Crippen molar-refractivity contribution in [3.63, 3.8) is 0 Å². The molecule has 1 unspecified atom stereocenters. The Kier molecular flexibility index (Phi) is 5.69. The summed E-state index contributed by atoms with van der Waals surface area (Å²) < 4.78 is 0. The van der Waals surface area contributed by atoms with E-state index in [0.29, 0.717) is 10.6 Å². The van der Waals surface area contributed by atoms with Crippen LogP contribution in [0.5, 0.6) is 0 Å². The molecule has 1 rings (SSSR count). The fourth-order valence-electron chi connectivity index (χ4n) is 1.64. The van der Waals surface area contributed by atoms with Crippen LogP contribution in [0.3, 0.4) is 0 Å². The number of alkyl halides is 1. The van der Waals surface area contributed by atoms with Crippen LogP contribution in [0.25, 0.3) is 0 Å². The summed E-state index contributed by atoms with van der Waals surface area (Å²) in [5.74, 6) is 0.622. The number of halogens is 1. The number of anilines is 1. The van der Waals surface area contributed by atoms with Crippen LogP contribution in [0.4, 0.5) is 5.82 Å². The van der Waals surface area contributed by atoms with Crippen molar-refractivity contribution in [1.29, 1.82) is 0 Å². The number of hydrogen-bond donors (Lipinski definition) is 1. The molecule has 0 saturated carbocycles. The quantitative estimate of drug-likeness (QED) is 0.803. The number of aromatic nitrogens is 1. The molecule has 1 heterocycles. The Hall–Kier alpha value is -0.570. The Morgan fingerprint density at radius 2 is 2.27 bits per heavy atom. The number of nitrogen functional groups attached to an aromatic ring is 1. The summed E-state index contributed by atoms with van der Waals surface area (Å²) in [6.07, 6.45) is 7.83. The Bertz CT molecular complexity index is 289. The van der Waals surface area contributed by atoms with Crippen molar-refractivity contribution in [2.75, 3.05) is 5.73 Å². The van der Waals surface area contributed by atoms with E-state index in [2.05, 4.69) is 27.8 Å². The summed E-state index contributed by atoms with van der Waals surface area (Å²) in [7, 11) is 0. The highest BCUT2D eigenvalue weighted by molar-refractivity contribution is 9.09. The highest BCUT2D eigenvalue weighted by Crippen LogP contribution is 2.16. The van der Waals surface area contributed by atoms with Crippen LogP contribution in [-0.2, 0) is 6.42 Å². The number of nitrogens with zero attached hydrogens (tertiary/aromatic N) is 1. The van der Waals surface area contributed by atoms with Gasteiger partial charge >= 0.3 is 0 Å². The lowest BCUT2D eigenvalue weighted by atomic mass is 10.1. The van der Waals surface area contributed by atoms with Crippen molar-refractivity contribution in [2.24, 2.45) is 0 Å². The number of hydrogen-bond acceptors (Lipinski definition) is 2. The molecule has 0 bridgehead atoms. The van der Waals surface area contributed by atoms with Crippen LogP contribution >= 0.6 is 15.9 Å². The first-order valence-electron chi connectivity index (χ1n) is 5.57. The van der Waals surface area contributed by atoms with Gasteiger partial charge in [-0.25, -0.2) is 4.98 Å². The topological polar surface area (TPSA) is 38.9 Å². The average Bonchev–Trinajstić information content (AvgIpc) is 2.18. The first-order chi connectivity index (χ1) is 7.22. The summed E-state index contributed by atoms with van der Waals surface area (Å²) >= 11 is 3.69. The van der Waals surface area contributed by atoms with E-state index < -0.39 is 0 Å². The van der Waals surface area contributed by atoms with Gasteiger partial charge in [-0.05, 0) is 43.4 Å². The van der Waals surface area contributed by atoms with E-state index in [1.807, 2.05) is 12.1 Å². The molecular weight excluding hydrogens is 252 g/mol. The summed E-state index contributed by atoms with van der Waals surface area (Å²) in [5, 5.41) is 0. The maximum atomic E-state index is 5.62. The van der Waals surface area contributed by atoms with Crippen LogP contribution in [0.1, 0.15) is 38.2 Å². The van der Waals surface area contributed by atoms with Gasteiger partial charge in [-0.15, -0.1) is 0 Å². The van der Waals surface area contributed by atoms with E-state index in [1.165, 1.54) is 31.2 Å². The maximum Gasteiger partial charge on any atom is 0.123 e. The molecule has 0 aromatic carbocycles. The van der Waals surface area contributed by atoms with Gasteiger partial charge in [0.15, 0.2) is 0 Å². The number of aryl methyl sites for hydroxylation is 1. The van der Waals surface area contributed by atoms with Crippen molar-refractivity contribution in [1.82, 2.24) is 4.98 Å². The molecule has 0 saturated heterocycles. The minimum atomic E-state index is 0.622. The van der Waals surface area contributed by atoms with Crippen molar-refractivity contribution >= 4 is 21.7 Å². The van der Waals surface area contributed by atoms with Gasteiger partial charge in [0.1, 0.15) is 5.82 Å². The molecule has 15 heavy (non-hydrogen) atoms. The molecule has 0 aliphatic rings. The van der Waals surface area contributed by atoms with E-state index in [4.69, 9.17) is 5.73 Å². The summed E-state index contributed by atoms with van der Waals surface area (Å²) in [5.41, 5.74) is 6.91. The van der Waals surface area contributed by atoms with Gasteiger partial charge in [0.05, 0.1) is 0 Å². The fraction of sp³-hybridized carbons (Fsp3) is 0.583. The molecule has 1 aromatic heterocycles. The Labute approximate surface area is 100 Å². The van der Waals surface area contributed by atoms with E-state index in [1.54, 1.807) is 6.20 Å². The lowest BCUT2D eigenvalue weighted by molar-refractivity contribution is 0.655. The molecular formula is C12H19BrN2. The first kappa shape index (κ1) is 12.5. The number of nitrogens with two attached hydrogens (primary N) is 1. The highest BCUT2D eigenvalue weighted by atomic mass is 79.9. The molecule has 0 fully saturated rings. The summed E-state index contributed by atoms with van der Waals surface area (Å²) in [6.45, 7) is 2.22. The SMILES string of the molecule is CCCC(Br)CCCc1ccnc(N)c1. The van der Waals surface area contributed by atoms with Crippen molar-refractivity contribution in [2.45, 2.75) is 43.9 Å². The van der Waals surface area contributed by atoms with Gasteiger partial charge in [0.2, 0.25) is 0 Å². The number of rotatable bonds is 6. The van der Waals surface area contributed by atoms with Crippen LogP contribution in [0.2, 0.25) is 0 Å². The molecule has 2 N–H and O–H groups in total. The highest BCUT2D eigenvalue weighted by Gasteiger charge is 2.02. The summed E-state index contributed by atoms with van der Waals surface area (Å²) in [4.78, 5) is 4.65. The predicted molar refractivity (Wildman–Crippen MR) is 69.2 cm³/mol. The minimum absolute atomic E-state index is 0.622. The Morgan fingerprint density at radius 1 is 1.47 bits per heavy atom. The van der Waals surface area contributed by atoms with Gasteiger partial charge in [0, 0.05) is 11.0 Å². The minimum Gasteiger partial charge on any atom is -0.384 e. The van der Waals surface area contributed by atoms with E-state index in [0.717, 1.165) is 6.42 Å². The maximum absolute atomic E-state index is 5.62. The zero-order valence-electron chi connectivity index (χ0n) is 9.25. The second-order valence-electron chi connectivity index (χ2n) is 3.87. The van der Waals surface area contributed by atoms with Gasteiger partial charge in [0.25, 0.3) is 0 Å². The van der Waals surface area contributed by atoms with Gasteiger partial charge in [-0.1, -0.05) is 29.3 Å². The average molecular weight is 271 g/mol. The molecule has 2 nitrogen and oxygen atoms in total. The van der Waals surface area contributed by atoms with E-state index in [-0.39, 0.29) is 0 Å². The molecule has 1 aromatic rings. The van der Waals surface area contributed by atoms with E-state index in [9.17, 15) is 0 Å². The second-order valence-corrected chi connectivity index (χ2v) is 5.16. The van der Waals surface area contributed by atoms with Crippen LogP contribution in [-0.4, -0.2) is 9.81 Å². The smallest absolute Gasteiger partial charge is 0.123 e. The molecule has 0 aliphatic heterocycles.